The number of aliphatic hydroxyl groups is 1. The lowest BCUT2D eigenvalue weighted by Gasteiger charge is -2.22. The van der Waals surface area contributed by atoms with Crippen LogP contribution in [0.4, 0.5) is 5.69 Å². The number of hydrogen-bond acceptors (Lipinski definition) is 3. The number of benzene rings is 1. The maximum absolute atomic E-state index is 12.3. The molecule has 3 N–H and O–H groups in total. The molecule has 0 aliphatic carbocycles. The lowest BCUT2D eigenvalue weighted by Crippen LogP contribution is -2.34. The number of carbonyl (C=O) groups excluding carboxylic acids is 1. The molecule has 0 unspecified atom stereocenters. The molecule has 0 fully saturated rings. The van der Waals surface area contributed by atoms with E-state index in [0.717, 1.165) is 18.4 Å². The average Bonchev–Trinajstić information content (AvgIpc) is 2.37. The number of carbonyl (C=O) groups is 1. The first-order valence-corrected chi connectivity index (χ1v) is 6.36. The Bertz CT molecular complexity index is 405. The predicted octanol–water partition coefficient (Wildman–Crippen LogP) is 1.81. The van der Waals surface area contributed by atoms with E-state index < -0.39 is 0 Å². The molecule has 0 saturated carbocycles. The van der Waals surface area contributed by atoms with Crippen LogP contribution in [-0.2, 0) is 0 Å². The standard InChI is InChI=1S/C14H22N2O2/c1-3-4-7-16(8-9-17)14(18)12-5-6-13(15)11(2)10-12/h5-6,10,17H,3-4,7-9,15H2,1-2H3. The first-order valence-electron chi connectivity index (χ1n) is 6.36. The highest BCUT2D eigenvalue weighted by Crippen LogP contribution is 2.14. The predicted molar refractivity (Wildman–Crippen MR) is 73.5 cm³/mol. The highest BCUT2D eigenvalue weighted by atomic mass is 16.3. The Hall–Kier alpha value is -1.55. The largest absolute Gasteiger partial charge is 0.399 e. The van der Waals surface area contributed by atoms with Crippen molar-refractivity contribution in [2.75, 3.05) is 25.4 Å². The SMILES string of the molecule is CCCCN(CCO)C(=O)c1ccc(N)c(C)c1. The monoisotopic (exact) mass is 250 g/mol. The van der Waals surface area contributed by atoms with Crippen molar-refractivity contribution in [3.8, 4) is 0 Å². The van der Waals surface area contributed by atoms with E-state index in [4.69, 9.17) is 10.8 Å². The number of hydrogen-bond donors (Lipinski definition) is 2. The van der Waals surface area contributed by atoms with Gasteiger partial charge >= 0.3 is 0 Å². The number of rotatable bonds is 6. The summed E-state index contributed by atoms with van der Waals surface area (Å²) < 4.78 is 0. The van der Waals surface area contributed by atoms with Gasteiger partial charge in [-0.3, -0.25) is 4.79 Å². The third kappa shape index (κ3) is 3.74. The molecule has 100 valence electrons. The molecule has 1 amide bonds. The molecule has 4 nitrogen and oxygen atoms in total. The smallest absolute Gasteiger partial charge is 0.253 e. The summed E-state index contributed by atoms with van der Waals surface area (Å²) in [5, 5.41) is 9.02. The molecule has 0 aromatic heterocycles. The van der Waals surface area contributed by atoms with Gasteiger partial charge in [-0.05, 0) is 37.1 Å². The van der Waals surface area contributed by atoms with Crippen molar-refractivity contribution in [1.29, 1.82) is 0 Å². The van der Waals surface area contributed by atoms with Gasteiger partial charge in [-0.1, -0.05) is 13.3 Å². The van der Waals surface area contributed by atoms with E-state index in [0.29, 0.717) is 24.3 Å². The Morgan fingerprint density at radius 3 is 2.67 bits per heavy atom. The summed E-state index contributed by atoms with van der Waals surface area (Å²) in [6, 6.07) is 5.29. The van der Waals surface area contributed by atoms with Gasteiger partial charge in [0.05, 0.1) is 6.61 Å². The number of anilines is 1. The molecule has 0 radical (unpaired) electrons. The molecule has 0 heterocycles. The van der Waals surface area contributed by atoms with Crippen LogP contribution < -0.4 is 5.73 Å². The van der Waals surface area contributed by atoms with Gasteiger partial charge in [-0.15, -0.1) is 0 Å². The van der Waals surface area contributed by atoms with Crippen LogP contribution in [0.3, 0.4) is 0 Å². The maximum Gasteiger partial charge on any atom is 0.253 e. The van der Waals surface area contributed by atoms with Crippen molar-refractivity contribution in [3.05, 3.63) is 29.3 Å². The number of nitrogens with zero attached hydrogens (tertiary/aromatic N) is 1. The molecule has 1 aromatic carbocycles. The molecule has 0 saturated heterocycles. The third-order valence-corrected chi connectivity index (χ3v) is 2.96. The zero-order valence-corrected chi connectivity index (χ0v) is 11.1. The van der Waals surface area contributed by atoms with Crippen molar-refractivity contribution in [1.82, 2.24) is 4.90 Å². The minimum absolute atomic E-state index is 0.0105. The lowest BCUT2D eigenvalue weighted by atomic mass is 10.1. The summed E-state index contributed by atoms with van der Waals surface area (Å²) in [5.74, 6) is -0.0411. The molecule has 0 spiro atoms. The Morgan fingerprint density at radius 2 is 2.11 bits per heavy atom. The molecular weight excluding hydrogens is 228 g/mol. The number of nitrogen functional groups attached to an aromatic ring is 1. The molecule has 0 atom stereocenters. The topological polar surface area (TPSA) is 66.6 Å². The Labute approximate surface area is 108 Å². The van der Waals surface area contributed by atoms with Crippen molar-refractivity contribution in [2.24, 2.45) is 0 Å². The van der Waals surface area contributed by atoms with E-state index in [1.54, 1.807) is 23.1 Å². The Morgan fingerprint density at radius 1 is 1.39 bits per heavy atom. The zero-order valence-electron chi connectivity index (χ0n) is 11.1. The van der Waals surface area contributed by atoms with E-state index in [9.17, 15) is 4.79 Å². The summed E-state index contributed by atoms with van der Waals surface area (Å²) >= 11 is 0. The summed E-state index contributed by atoms with van der Waals surface area (Å²) in [6.07, 6.45) is 1.97. The molecule has 18 heavy (non-hydrogen) atoms. The summed E-state index contributed by atoms with van der Waals surface area (Å²) in [6.45, 7) is 5.01. The molecule has 0 bridgehead atoms. The summed E-state index contributed by atoms with van der Waals surface area (Å²) in [7, 11) is 0. The molecule has 1 rings (SSSR count). The highest BCUT2D eigenvalue weighted by molar-refractivity contribution is 5.94. The van der Waals surface area contributed by atoms with Crippen molar-refractivity contribution in [3.63, 3.8) is 0 Å². The quantitative estimate of drug-likeness (QED) is 0.757. The van der Waals surface area contributed by atoms with E-state index in [1.807, 2.05) is 6.92 Å². The van der Waals surface area contributed by atoms with Gasteiger partial charge < -0.3 is 15.7 Å². The van der Waals surface area contributed by atoms with Crippen LogP contribution in [0.25, 0.3) is 0 Å². The normalized spacial score (nSPS) is 10.4. The molecule has 0 aliphatic heterocycles. The first-order chi connectivity index (χ1) is 8.60. The van der Waals surface area contributed by atoms with Gasteiger partial charge in [0.2, 0.25) is 0 Å². The fourth-order valence-corrected chi connectivity index (χ4v) is 1.78. The van der Waals surface area contributed by atoms with Gasteiger partial charge in [0.1, 0.15) is 0 Å². The zero-order chi connectivity index (χ0) is 13.5. The molecule has 4 heteroatoms. The van der Waals surface area contributed by atoms with Crippen LogP contribution in [0.5, 0.6) is 0 Å². The van der Waals surface area contributed by atoms with Gasteiger partial charge in [0, 0.05) is 24.3 Å². The Balaban J connectivity index is 2.83. The van der Waals surface area contributed by atoms with E-state index >= 15 is 0 Å². The van der Waals surface area contributed by atoms with Crippen molar-refractivity contribution in [2.45, 2.75) is 26.7 Å². The van der Waals surface area contributed by atoms with Crippen LogP contribution in [-0.4, -0.2) is 35.6 Å². The number of aliphatic hydroxyl groups excluding tert-OH is 1. The first kappa shape index (κ1) is 14.5. The number of unbranched alkanes of at least 4 members (excludes halogenated alkanes) is 1. The van der Waals surface area contributed by atoms with E-state index in [1.165, 1.54) is 0 Å². The fraction of sp³-hybridized carbons (Fsp3) is 0.500. The van der Waals surface area contributed by atoms with Crippen LogP contribution >= 0.6 is 0 Å². The minimum atomic E-state index is -0.0411. The average molecular weight is 250 g/mol. The van der Waals surface area contributed by atoms with Gasteiger partial charge in [-0.25, -0.2) is 0 Å². The second-order valence-electron chi connectivity index (χ2n) is 4.44. The molecule has 0 aliphatic rings. The van der Waals surface area contributed by atoms with Gasteiger partial charge in [0.15, 0.2) is 0 Å². The van der Waals surface area contributed by atoms with Crippen LogP contribution in [0.1, 0.15) is 35.7 Å². The number of amides is 1. The number of nitrogens with two attached hydrogens (primary N) is 1. The maximum atomic E-state index is 12.3. The van der Waals surface area contributed by atoms with E-state index in [2.05, 4.69) is 6.92 Å². The molecular formula is C14H22N2O2. The number of aryl methyl sites for hydroxylation is 1. The minimum Gasteiger partial charge on any atom is -0.399 e. The Kier molecular flexibility index (Phi) is 5.65. The lowest BCUT2D eigenvalue weighted by molar-refractivity contribution is 0.0719. The van der Waals surface area contributed by atoms with E-state index in [-0.39, 0.29) is 12.5 Å². The fourth-order valence-electron chi connectivity index (χ4n) is 1.78. The third-order valence-electron chi connectivity index (χ3n) is 2.96. The molecule has 1 aromatic rings. The summed E-state index contributed by atoms with van der Waals surface area (Å²) in [5.41, 5.74) is 7.96. The van der Waals surface area contributed by atoms with Gasteiger partial charge in [0.25, 0.3) is 5.91 Å². The highest BCUT2D eigenvalue weighted by Gasteiger charge is 2.15. The van der Waals surface area contributed by atoms with Crippen molar-refractivity contribution >= 4 is 11.6 Å². The van der Waals surface area contributed by atoms with Crippen LogP contribution in [0.2, 0.25) is 0 Å². The van der Waals surface area contributed by atoms with Crippen LogP contribution in [0, 0.1) is 6.92 Å². The van der Waals surface area contributed by atoms with Gasteiger partial charge in [-0.2, -0.15) is 0 Å². The second kappa shape index (κ2) is 7.01. The van der Waals surface area contributed by atoms with Crippen molar-refractivity contribution < 1.29 is 9.90 Å². The van der Waals surface area contributed by atoms with Crippen LogP contribution in [0.15, 0.2) is 18.2 Å². The summed E-state index contributed by atoms with van der Waals surface area (Å²) in [4.78, 5) is 14.0. The second-order valence-corrected chi connectivity index (χ2v) is 4.44.